The number of aliphatic imine (C=N–C) groups is 1. The second-order valence-electron chi connectivity index (χ2n) is 7.79. The molecule has 1 fully saturated rings. The fourth-order valence-corrected chi connectivity index (χ4v) is 3.67. The molecule has 0 bridgehead atoms. The SMILES string of the molecule is CCNC(=NCc1ccc(N2CCOCC2)c(F)c1)NC(C)CCCN(CC)CC.I. The number of rotatable bonds is 11. The third-order valence-corrected chi connectivity index (χ3v) is 5.52. The van der Waals surface area contributed by atoms with Gasteiger partial charge in [-0.3, -0.25) is 0 Å². The number of nitrogens with one attached hydrogen (secondary N) is 2. The van der Waals surface area contributed by atoms with Crippen molar-refractivity contribution in [3.63, 3.8) is 0 Å². The molecule has 1 aromatic rings. The van der Waals surface area contributed by atoms with Crippen molar-refractivity contribution in [2.45, 2.75) is 53.1 Å². The summed E-state index contributed by atoms with van der Waals surface area (Å²) in [6.07, 6.45) is 2.24. The van der Waals surface area contributed by atoms with Crippen molar-refractivity contribution in [3.8, 4) is 0 Å². The van der Waals surface area contributed by atoms with E-state index in [2.05, 4.69) is 48.2 Å². The van der Waals surface area contributed by atoms with Crippen LogP contribution < -0.4 is 15.5 Å². The highest BCUT2D eigenvalue weighted by atomic mass is 127. The number of ether oxygens (including phenoxy) is 1. The number of nitrogens with zero attached hydrogens (tertiary/aromatic N) is 3. The zero-order valence-electron chi connectivity index (χ0n) is 19.6. The van der Waals surface area contributed by atoms with Gasteiger partial charge < -0.3 is 25.2 Å². The predicted molar refractivity (Wildman–Crippen MR) is 139 cm³/mol. The van der Waals surface area contributed by atoms with Crippen molar-refractivity contribution in [1.82, 2.24) is 15.5 Å². The van der Waals surface area contributed by atoms with E-state index in [0.29, 0.717) is 31.5 Å². The fourth-order valence-electron chi connectivity index (χ4n) is 3.67. The van der Waals surface area contributed by atoms with Gasteiger partial charge in [-0.15, -0.1) is 24.0 Å². The topological polar surface area (TPSA) is 52.1 Å². The lowest BCUT2D eigenvalue weighted by molar-refractivity contribution is 0.122. The number of anilines is 1. The number of morpholine rings is 1. The van der Waals surface area contributed by atoms with Crippen LogP contribution in [-0.2, 0) is 11.3 Å². The lowest BCUT2D eigenvalue weighted by atomic mass is 10.1. The van der Waals surface area contributed by atoms with Crippen LogP contribution in [0.4, 0.5) is 10.1 Å². The van der Waals surface area contributed by atoms with Gasteiger partial charge in [-0.05, 0) is 64.0 Å². The van der Waals surface area contributed by atoms with E-state index in [4.69, 9.17) is 4.74 Å². The average molecular weight is 550 g/mol. The van der Waals surface area contributed by atoms with Crippen LogP contribution in [0.15, 0.2) is 23.2 Å². The van der Waals surface area contributed by atoms with E-state index in [1.54, 1.807) is 6.07 Å². The van der Waals surface area contributed by atoms with Crippen LogP contribution >= 0.6 is 24.0 Å². The lowest BCUT2D eigenvalue weighted by Crippen LogP contribution is -2.42. The van der Waals surface area contributed by atoms with Gasteiger partial charge in [0.15, 0.2) is 5.96 Å². The molecular formula is C23H41FIN5O. The molecule has 0 aromatic heterocycles. The molecule has 1 atom stereocenters. The van der Waals surface area contributed by atoms with Crippen LogP contribution in [0.1, 0.15) is 46.1 Å². The molecule has 6 nitrogen and oxygen atoms in total. The Hall–Kier alpha value is -1.13. The summed E-state index contributed by atoms with van der Waals surface area (Å²) in [4.78, 5) is 9.15. The number of hydrogen-bond donors (Lipinski definition) is 2. The molecule has 1 aliphatic rings. The summed E-state index contributed by atoms with van der Waals surface area (Å²) < 4.78 is 20.0. The second kappa shape index (κ2) is 15.6. The van der Waals surface area contributed by atoms with E-state index in [1.165, 1.54) is 0 Å². The first-order chi connectivity index (χ1) is 14.6. The molecule has 0 spiro atoms. The first kappa shape index (κ1) is 27.9. The van der Waals surface area contributed by atoms with Crippen molar-refractivity contribution in [3.05, 3.63) is 29.6 Å². The Balaban J connectivity index is 0.00000480. The fraction of sp³-hybridized carbons (Fsp3) is 0.696. The van der Waals surface area contributed by atoms with Gasteiger partial charge in [0, 0.05) is 25.7 Å². The van der Waals surface area contributed by atoms with E-state index >= 15 is 0 Å². The highest BCUT2D eigenvalue weighted by molar-refractivity contribution is 14.0. The molecule has 1 heterocycles. The van der Waals surface area contributed by atoms with E-state index < -0.39 is 0 Å². The molecule has 0 amide bonds. The van der Waals surface area contributed by atoms with Crippen LogP contribution in [0.25, 0.3) is 0 Å². The predicted octanol–water partition coefficient (Wildman–Crippen LogP) is 3.85. The number of guanidine groups is 1. The quantitative estimate of drug-likeness (QED) is 0.250. The number of halogens is 2. The van der Waals surface area contributed by atoms with E-state index in [9.17, 15) is 4.39 Å². The third kappa shape index (κ3) is 9.91. The first-order valence-corrected chi connectivity index (χ1v) is 11.5. The summed E-state index contributed by atoms with van der Waals surface area (Å²) in [6, 6.07) is 5.76. The van der Waals surface area contributed by atoms with Crippen molar-refractivity contribution in [2.75, 3.05) is 57.4 Å². The van der Waals surface area contributed by atoms with Crippen molar-refractivity contribution >= 4 is 35.6 Å². The van der Waals surface area contributed by atoms with E-state index in [0.717, 1.165) is 63.6 Å². The van der Waals surface area contributed by atoms with Gasteiger partial charge in [0.25, 0.3) is 0 Å². The van der Waals surface area contributed by atoms with Crippen LogP contribution in [0, 0.1) is 5.82 Å². The van der Waals surface area contributed by atoms with Gasteiger partial charge in [0.1, 0.15) is 5.82 Å². The second-order valence-corrected chi connectivity index (χ2v) is 7.79. The summed E-state index contributed by atoms with van der Waals surface area (Å²) in [5.74, 6) is 0.595. The molecule has 0 aliphatic carbocycles. The maximum atomic E-state index is 14.6. The largest absolute Gasteiger partial charge is 0.378 e. The molecule has 1 saturated heterocycles. The van der Waals surface area contributed by atoms with Crippen molar-refractivity contribution in [1.29, 1.82) is 0 Å². The summed E-state index contributed by atoms with van der Waals surface area (Å²) in [7, 11) is 0. The van der Waals surface area contributed by atoms with Crippen LogP contribution in [0.3, 0.4) is 0 Å². The number of hydrogen-bond acceptors (Lipinski definition) is 4. The smallest absolute Gasteiger partial charge is 0.191 e. The Morgan fingerprint density at radius 3 is 2.55 bits per heavy atom. The van der Waals surface area contributed by atoms with Crippen molar-refractivity contribution in [2.24, 2.45) is 4.99 Å². The molecule has 31 heavy (non-hydrogen) atoms. The molecule has 0 radical (unpaired) electrons. The standard InChI is InChI=1S/C23H40FN5O.HI/c1-5-25-23(27-19(4)9-8-12-28(6-2)7-3)26-18-20-10-11-22(21(24)17-20)29-13-15-30-16-14-29;/h10-11,17,19H,5-9,12-16,18H2,1-4H3,(H2,25,26,27);1H. The Bertz CT molecular complexity index is 651. The van der Waals surface area contributed by atoms with Gasteiger partial charge in [-0.25, -0.2) is 9.38 Å². The Morgan fingerprint density at radius 2 is 1.94 bits per heavy atom. The van der Waals surface area contributed by atoms with Gasteiger partial charge >= 0.3 is 0 Å². The highest BCUT2D eigenvalue weighted by Crippen LogP contribution is 2.22. The maximum Gasteiger partial charge on any atom is 0.191 e. The summed E-state index contributed by atoms with van der Waals surface area (Å²) in [5, 5.41) is 6.78. The lowest BCUT2D eigenvalue weighted by Gasteiger charge is -2.29. The Kier molecular flexibility index (Phi) is 14.1. The van der Waals surface area contributed by atoms with Gasteiger partial charge in [0.2, 0.25) is 0 Å². The molecular weight excluding hydrogens is 508 g/mol. The zero-order chi connectivity index (χ0) is 21.8. The molecule has 2 rings (SSSR count). The van der Waals surface area contributed by atoms with Crippen molar-refractivity contribution < 1.29 is 9.13 Å². The minimum absolute atomic E-state index is 0. The molecule has 1 aromatic carbocycles. The maximum absolute atomic E-state index is 14.6. The van der Waals surface area contributed by atoms with Crippen LogP contribution in [0.2, 0.25) is 0 Å². The molecule has 1 aliphatic heterocycles. The molecule has 1 unspecified atom stereocenters. The van der Waals surface area contributed by atoms with Crippen LogP contribution in [0.5, 0.6) is 0 Å². The average Bonchev–Trinajstić information content (AvgIpc) is 2.76. The first-order valence-electron chi connectivity index (χ1n) is 11.5. The summed E-state index contributed by atoms with van der Waals surface area (Å²) in [5.41, 5.74) is 1.52. The van der Waals surface area contributed by atoms with E-state index in [1.807, 2.05) is 17.0 Å². The number of benzene rings is 1. The monoisotopic (exact) mass is 549 g/mol. The minimum Gasteiger partial charge on any atom is -0.378 e. The molecule has 0 saturated carbocycles. The summed E-state index contributed by atoms with van der Waals surface area (Å²) in [6.45, 7) is 16.0. The van der Waals surface area contributed by atoms with Gasteiger partial charge in [0.05, 0.1) is 25.4 Å². The zero-order valence-corrected chi connectivity index (χ0v) is 22.0. The molecule has 2 N–H and O–H groups in total. The van der Waals surface area contributed by atoms with Gasteiger partial charge in [-0.1, -0.05) is 19.9 Å². The third-order valence-electron chi connectivity index (χ3n) is 5.52. The van der Waals surface area contributed by atoms with Gasteiger partial charge in [-0.2, -0.15) is 0 Å². The normalized spacial score (nSPS) is 15.5. The molecule has 178 valence electrons. The highest BCUT2D eigenvalue weighted by Gasteiger charge is 2.15. The Labute approximate surface area is 205 Å². The molecule has 8 heteroatoms. The van der Waals surface area contributed by atoms with E-state index in [-0.39, 0.29) is 29.8 Å². The van der Waals surface area contributed by atoms with Crippen LogP contribution in [-0.4, -0.2) is 69.4 Å². The summed E-state index contributed by atoms with van der Waals surface area (Å²) >= 11 is 0. The Morgan fingerprint density at radius 1 is 1.23 bits per heavy atom. The minimum atomic E-state index is -0.188.